The molecule has 8 aromatic carbocycles. The molecule has 0 radical (unpaired) electrons. The van der Waals surface area contributed by atoms with Crippen molar-refractivity contribution in [1.29, 1.82) is 0 Å². The molecule has 2 heterocycles. The van der Waals surface area contributed by atoms with E-state index in [4.69, 9.17) is 37.9 Å². The lowest BCUT2D eigenvalue weighted by Gasteiger charge is -2.15. The summed E-state index contributed by atoms with van der Waals surface area (Å²) in [6.07, 6.45) is 0. The predicted octanol–water partition coefficient (Wildman–Crippen LogP) is 12.1. The molecule has 0 N–H and O–H groups in total. The minimum Gasteiger partial charge on any atom is -0.489 e. The van der Waals surface area contributed by atoms with Crippen molar-refractivity contribution < 1.29 is 57.1 Å². The molecule has 2 aliphatic heterocycles. The van der Waals surface area contributed by atoms with Gasteiger partial charge >= 0.3 is 23.9 Å². The first kappa shape index (κ1) is 49.6. The van der Waals surface area contributed by atoms with Gasteiger partial charge in [-0.05, 0) is 80.0 Å². The van der Waals surface area contributed by atoms with E-state index in [0.29, 0.717) is 57.7 Å². The first-order valence-corrected chi connectivity index (χ1v) is 24.3. The lowest BCUT2D eigenvalue weighted by atomic mass is 9.93. The van der Waals surface area contributed by atoms with Crippen LogP contribution in [0.3, 0.4) is 0 Å². The van der Waals surface area contributed by atoms with E-state index < -0.39 is 23.9 Å². The zero-order valence-electron chi connectivity index (χ0n) is 41.4. The zero-order valence-corrected chi connectivity index (χ0v) is 41.4. The topological polar surface area (TPSA) is 142 Å². The van der Waals surface area contributed by atoms with Crippen molar-refractivity contribution in [3.8, 4) is 11.5 Å². The maximum Gasteiger partial charge on any atom is 0.348 e. The standard InChI is InChI=1S/C64H48O12/c1-69-61(65)53(46-28-32-49(33-29-46)71-37-41-16-7-3-8-17-41)59-57(73-39-43-20-11-5-12-21-43)55(63(67)75-59)48-27-26-45-24-15-25-51(52(45)36-48)56-58(74-40-44-22-13-6-14-23-44)60(76-64(56)68)54(62(66)70-2)47-30-34-50(35-31-47)72-38-42-18-9-4-10-19-42/h3-36H,37-40H2,1-2H3/b59-53+,60-54+. The number of esters is 4. The van der Waals surface area contributed by atoms with Gasteiger partial charge in [0.05, 0.1) is 14.2 Å². The number of fused-ring (bicyclic) bond motifs is 1. The number of hydrogen-bond donors (Lipinski definition) is 0. The van der Waals surface area contributed by atoms with E-state index in [1.165, 1.54) is 14.2 Å². The van der Waals surface area contributed by atoms with Crippen molar-refractivity contribution in [1.82, 2.24) is 0 Å². The Bertz CT molecular complexity index is 3580. The quantitative estimate of drug-likeness (QED) is 0.0459. The minimum atomic E-state index is -0.796. The highest BCUT2D eigenvalue weighted by molar-refractivity contribution is 6.28. The molecule has 12 nitrogen and oxygen atoms in total. The number of ether oxygens (including phenoxy) is 8. The average molecular weight is 1010 g/mol. The van der Waals surface area contributed by atoms with Gasteiger partial charge in [0.2, 0.25) is 0 Å². The lowest BCUT2D eigenvalue weighted by Crippen LogP contribution is -2.10. The molecule has 0 saturated heterocycles. The molecule has 0 aromatic heterocycles. The summed E-state index contributed by atoms with van der Waals surface area (Å²) in [4.78, 5) is 56.8. The number of carbonyl (C=O) groups is 4. The molecule has 2 aliphatic rings. The van der Waals surface area contributed by atoms with Gasteiger partial charge < -0.3 is 37.9 Å². The number of cyclic esters (lactones) is 2. The third kappa shape index (κ3) is 10.9. The van der Waals surface area contributed by atoms with Crippen molar-refractivity contribution in [3.63, 3.8) is 0 Å². The van der Waals surface area contributed by atoms with Gasteiger partial charge in [-0.1, -0.05) is 176 Å². The van der Waals surface area contributed by atoms with Crippen LogP contribution < -0.4 is 9.47 Å². The molecule has 0 bridgehead atoms. The normalized spacial score (nSPS) is 14.4. The summed E-state index contributed by atoms with van der Waals surface area (Å²) in [5, 5.41) is 1.19. The molecular weight excluding hydrogens is 961 g/mol. The molecule has 0 spiro atoms. The Morgan fingerprint density at radius 1 is 0.408 bits per heavy atom. The summed E-state index contributed by atoms with van der Waals surface area (Å²) in [7, 11) is 2.48. The first-order valence-electron chi connectivity index (χ1n) is 24.3. The highest BCUT2D eigenvalue weighted by Gasteiger charge is 2.40. The molecule has 12 heteroatoms. The Labute approximate surface area is 438 Å². The molecule has 0 atom stereocenters. The fraction of sp³-hybridized carbons (Fsp3) is 0.0938. The highest BCUT2D eigenvalue weighted by Crippen LogP contribution is 2.44. The summed E-state index contributed by atoms with van der Waals surface area (Å²) in [6.45, 7) is 0.653. The Morgan fingerprint density at radius 3 is 1.22 bits per heavy atom. The number of hydrogen-bond acceptors (Lipinski definition) is 12. The summed E-state index contributed by atoms with van der Waals surface area (Å²) in [5.41, 5.74) is 4.92. The fourth-order valence-corrected chi connectivity index (χ4v) is 8.79. The molecule has 0 saturated carbocycles. The number of methoxy groups -OCH3 is 2. The van der Waals surface area contributed by atoms with Crippen LogP contribution in [0, 0.1) is 0 Å². The van der Waals surface area contributed by atoms with E-state index in [1.807, 2.05) is 127 Å². The minimum absolute atomic E-state index is 0.00127. The van der Waals surface area contributed by atoms with E-state index in [0.717, 1.165) is 22.3 Å². The first-order chi connectivity index (χ1) is 37.3. The summed E-state index contributed by atoms with van der Waals surface area (Å²) in [5.74, 6) is -2.36. The Balaban J connectivity index is 1.10. The SMILES string of the molecule is COC(=O)/C(=C1/OC(=O)C(c2ccc3cccc(C4=C(OCc5ccccc5)/C(=C(\C(=O)OC)c5ccc(OCc6ccccc6)cc5)OC4=O)c3c2)=C1OCc1ccccc1)c1ccc(OCc2ccccc2)cc1. The van der Waals surface area contributed by atoms with Gasteiger partial charge in [-0.2, -0.15) is 0 Å². The van der Waals surface area contributed by atoms with Crippen LogP contribution in [0.2, 0.25) is 0 Å². The van der Waals surface area contributed by atoms with Gasteiger partial charge in [0.25, 0.3) is 0 Å². The third-order valence-electron chi connectivity index (χ3n) is 12.6. The second kappa shape index (κ2) is 22.9. The molecule has 76 heavy (non-hydrogen) atoms. The second-order valence-electron chi connectivity index (χ2n) is 17.5. The number of benzene rings is 8. The van der Waals surface area contributed by atoms with Gasteiger partial charge in [0.1, 0.15) is 60.2 Å². The predicted molar refractivity (Wildman–Crippen MR) is 285 cm³/mol. The summed E-state index contributed by atoms with van der Waals surface area (Å²) < 4.78 is 48.0. The maximum atomic E-state index is 14.6. The van der Waals surface area contributed by atoms with Crippen molar-refractivity contribution in [2.75, 3.05) is 14.2 Å². The van der Waals surface area contributed by atoms with Gasteiger partial charge in [-0.25, -0.2) is 19.2 Å². The average Bonchev–Trinajstić information content (AvgIpc) is 3.97. The molecule has 10 rings (SSSR count). The number of carbonyl (C=O) groups excluding carboxylic acids is 4. The highest BCUT2D eigenvalue weighted by atomic mass is 16.6. The lowest BCUT2D eigenvalue weighted by molar-refractivity contribution is -0.135. The monoisotopic (exact) mass is 1010 g/mol. The zero-order chi connectivity index (χ0) is 52.4. The Morgan fingerprint density at radius 2 is 0.803 bits per heavy atom. The van der Waals surface area contributed by atoms with Crippen molar-refractivity contribution >= 4 is 56.9 Å². The van der Waals surface area contributed by atoms with E-state index >= 15 is 0 Å². The van der Waals surface area contributed by atoms with Crippen LogP contribution in [0.25, 0.3) is 33.1 Å². The van der Waals surface area contributed by atoms with E-state index in [-0.39, 0.29) is 58.5 Å². The molecule has 8 aromatic rings. The van der Waals surface area contributed by atoms with Gasteiger partial charge in [-0.3, -0.25) is 0 Å². The van der Waals surface area contributed by atoms with Crippen LogP contribution >= 0.6 is 0 Å². The van der Waals surface area contributed by atoms with Crippen LogP contribution in [0.15, 0.2) is 229 Å². The van der Waals surface area contributed by atoms with Crippen molar-refractivity contribution in [2.45, 2.75) is 26.4 Å². The Hall–Kier alpha value is -9.94. The smallest absolute Gasteiger partial charge is 0.348 e. The van der Waals surface area contributed by atoms with Gasteiger partial charge in [0.15, 0.2) is 23.0 Å². The molecule has 0 fully saturated rings. The third-order valence-corrected chi connectivity index (χ3v) is 12.6. The van der Waals surface area contributed by atoms with E-state index in [1.54, 1.807) is 78.9 Å². The molecule has 0 amide bonds. The van der Waals surface area contributed by atoms with Crippen LogP contribution in [0.4, 0.5) is 0 Å². The molecule has 0 aliphatic carbocycles. The summed E-state index contributed by atoms with van der Waals surface area (Å²) >= 11 is 0. The van der Waals surface area contributed by atoms with Crippen LogP contribution in [0.1, 0.15) is 44.5 Å². The van der Waals surface area contributed by atoms with Crippen LogP contribution in [-0.2, 0) is 74.0 Å². The van der Waals surface area contributed by atoms with Crippen LogP contribution in [0.5, 0.6) is 11.5 Å². The summed E-state index contributed by atoms with van der Waals surface area (Å²) in [6, 6.07) is 62.3. The Kier molecular flexibility index (Phi) is 14.9. The number of rotatable bonds is 18. The van der Waals surface area contributed by atoms with Gasteiger partial charge in [-0.15, -0.1) is 0 Å². The largest absolute Gasteiger partial charge is 0.489 e. The maximum absolute atomic E-state index is 14.6. The molecule has 376 valence electrons. The molecular formula is C64H48O12. The van der Waals surface area contributed by atoms with Crippen molar-refractivity contribution in [3.05, 3.63) is 274 Å². The van der Waals surface area contributed by atoms with Crippen LogP contribution in [-0.4, -0.2) is 38.1 Å². The van der Waals surface area contributed by atoms with Crippen molar-refractivity contribution in [2.24, 2.45) is 0 Å². The fourth-order valence-electron chi connectivity index (χ4n) is 8.79. The van der Waals surface area contributed by atoms with E-state index in [9.17, 15) is 19.2 Å². The molecule has 0 unspecified atom stereocenters. The van der Waals surface area contributed by atoms with E-state index in [2.05, 4.69) is 0 Å². The second-order valence-corrected chi connectivity index (χ2v) is 17.5. The van der Waals surface area contributed by atoms with Gasteiger partial charge in [0, 0.05) is 5.56 Å².